The Labute approximate surface area is 228 Å². The number of benzene rings is 2. The van der Waals surface area contributed by atoms with Crippen LogP contribution >= 0.6 is 12.2 Å². The van der Waals surface area contributed by atoms with E-state index in [1.807, 2.05) is 56.7 Å². The second-order valence-electron chi connectivity index (χ2n) is 9.61. The molecule has 2 aromatic heterocycles. The van der Waals surface area contributed by atoms with Gasteiger partial charge < -0.3 is 24.4 Å². The van der Waals surface area contributed by atoms with Crippen molar-refractivity contribution in [2.24, 2.45) is 0 Å². The number of rotatable bonds is 6. The molecule has 0 bridgehead atoms. The molecular formula is C30H31N5O2S. The molecule has 7 nitrogen and oxygen atoms in total. The molecule has 5 rings (SSSR count). The Kier molecular flexibility index (Phi) is 6.91. The molecule has 0 unspecified atom stereocenters. The SMILES string of the molecule is COC(=O)c1cccc(-n2c(C)cc([C@@H]3[C@H](c4ccccn4)NC(=S)N3c3ccc(N(C)C)cc3)c2C)c1. The van der Waals surface area contributed by atoms with Crippen LogP contribution in [0.3, 0.4) is 0 Å². The fraction of sp³-hybridized carbons (Fsp3) is 0.233. The van der Waals surface area contributed by atoms with E-state index in [4.69, 9.17) is 17.0 Å². The van der Waals surface area contributed by atoms with Crippen molar-refractivity contribution in [1.29, 1.82) is 0 Å². The zero-order valence-electron chi connectivity index (χ0n) is 22.2. The summed E-state index contributed by atoms with van der Waals surface area (Å²) in [4.78, 5) is 21.2. The number of nitrogens with one attached hydrogen (secondary N) is 1. The molecule has 0 amide bonds. The van der Waals surface area contributed by atoms with Crippen LogP contribution in [-0.2, 0) is 4.74 Å². The highest BCUT2D eigenvalue weighted by molar-refractivity contribution is 7.80. The van der Waals surface area contributed by atoms with Gasteiger partial charge >= 0.3 is 5.97 Å². The number of carbonyl (C=O) groups excluding carboxylic acids is 1. The predicted molar refractivity (Wildman–Crippen MR) is 155 cm³/mol. The van der Waals surface area contributed by atoms with Gasteiger partial charge in [-0.3, -0.25) is 4.98 Å². The normalized spacial score (nSPS) is 16.9. The van der Waals surface area contributed by atoms with Gasteiger partial charge in [0.05, 0.1) is 30.5 Å². The summed E-state index contributed by atoms with van der Waals surface area (Å²) in [5.41, 5.74) is 7.71. The van der Waals surface area contributed by atoms with Crippen LogP contribution in [0.4, 0.5) is 11.4 Å². The molecular weight excluding hydrogens is 494 g/mol. The van der Waals surface area contributed by atoms with E-state index in [2.05, 4.69) is 68.8 Å². The molecule has 1 fully saturated rings. The fourth-order valence-corrected chi connectivity index (χ4v) is 5.58. The molecule has 0 spiro atoms. The highest BCUT2D eigenvalue weighted by Crippen LogP contribution is 2.44. The summed E-state index contributed by atoms with van der Waals surface area (Å²) in [6, 6.07) is 23.8. The Morgan fingerprint density at radius 3 is 2.42 bits per heavy atom. The number of esters is 1. The molecule has 0 aliphatic carbocycles. The van der Waals surface area contributed by atoms with E-state index in [0.717, 1.165) is 39.7 Å². The number of hydrogen-bond acceptors (Lipinski definition) is 5. The second-order valence-corrected chi connectivity index (χ2v) is 10.00. The van der Waals surface area contributed by atoms with E-state index >= 15 is 0 Å². The fourth-order valence-electron chi connectivity index (χ4n) is 5.23. The molecule has 2 aromatic carbocycles. The van der Waals surface area contributed by atoms with E-state index in [1.54, 1.807) is 6.07 Å². The smallest absolute Gasteiger partial charge is 0.337 e. The number of anilines is 2. The number of thiocarbonyl (C=S) groups is 1. The average molecular weight is 526 g/mol. The predicted octanol–water partition coefficient (Wildman–Crippen LogP) is 5.52. The van der Waals surface area contributed by atoms with Crippen LogP contribution in [0.2, 0.25) is 0 Å². The van der Waals surface area contributed by atoms with Crippen molar-refractivity contribution in [3.8, 4) is 5.69 Å². The van der Waals surface area contributed by atoms with Crippen LogP contribution in [0.25, 0.3) is 5.69 Å². The first-order valence-electron chi connectivity index (χ1n) is 12.5. The van der Waals surface area contributed by atoms with Crippen LogP contribution < -0.4 is 15.1 Å². The van der Waals surface area contributed by atoms with Crippen molar-refractivity contribution in [2.45, 2.75) is 25.9 Å². The summed E-state index contributed by atoms with van der Waals surface area (Å²) in [5, 5.41) is 4.20. The molecule has 1 N–H and O–H groups in total. The zero-order valence-corrected chi connectivity index (χ0v) is 23.0. The van der Waals surface area contributed by atoms with E-state index in [0.29, 0.717) is 10.7 Å². The maximum Gasteiger partial charge on any atom is 0.337 e. The zero-order chi connectivity index (χ0) is 27.0. The Morgan fingerprint density at radius 1 is 1.00 bits per heavy atom. The summed E-state index contributed by atoms with van der Waals surface area (Å²) in [7, 11) is 5.45. The van der Waals surface area contributed by atoms with Crippen molar-refractivity contribution in [2.75, 3.05) is 31.0 Å². The van der Waals surface area contributed by atoms with E-state index in [1.165, 1.54) is 7.11 Å². The van der Waals surface area contributed by atoms with E-state index in [-0.39, 0.29) is 18.1 Å². The maximum absolute atomic E-state index is 12.2. The first-order chi connectivity index (χ1) is 18.3. The van der Waals surface area contributed by atoms with Crippen LogP contribution in [0, 0.1) is 13.8 Å². The largest absolute Gasteiger partial charge is 0.465 e. The number of aromatic nitrogens is 2. The van der Waals surface area contributed by atoms with Gasteiger partial charge in [0.1, 0.15) is 0 Å². The van der Waals surface area contributed by atoms with Gasteiger partial charge in [-0.05, 0) is 92.3 Å². The number of hydrogen-bond donors (Lipinski definition) is 1. The van der Waals surface area contributed by atoms with Crippen molar-refractivity contribution in [3.05, 3.63) is 107 Å². The number of pyridine rings is 1. The van der Waals surface area contributed by atoms with Crippen LogP contribution in [-0.4, -0.2) is 41.8 Å². The third kappa shape index (κ3) is 4.52. The molecule has 38 heavy (non-hydrogen) atoms. The summed E-state index contributed by atoms with van der Waals surface area (Å²) < 4.78 is 7.12. The minimum atomic E-state index is -0.359. The molecule has 1 aliphatic rings. The van der Waals surface area contributed by atoms with Gasteiger partial charge in [0.25, 0.3) is 0 Å². The Morgan fingerprint density at radius 2 is 1.76 bits per heavy atom. The standard InChI is InChI=1S/C30H31N5O2S/c1-19-17-25(20(2)34(19)24-10-8-9-21(18-24)29(36)37-5)28-27(26-11-6-7-16-31-26)32-30(38)35(28)23-14-12-22(13-15-23)33(3)4/h6-18,27-28H,1-5H3,(H,32,38)/t27-,28+/m0/s1. The van der Waals surface area contributed by atoms with Gasteiger partial charge in [0.15, 0.2) is 5.11 Å². The minimum Gasteiger partial charge on any atom is -0.465 e. The molecule has 194 valence electrons. The minimum absolute atomic E-state index is 0.133. The summed E-state index contributed by atoms with van der Waals surface area (Å²) in [6.07, 6.45) is 1.81. The van der Waals surface area contributed by atoms with Crippen LogP contribution in [0.5, 0.6) is 0 Å². The monoisotopic (exact) mass is 525 g/mol. The molecule has 0 saturated carbocycles. The molecule has 3 heterocycles. The van der Waals surface area contributed by atoms with Gasteiger partial charge in [-0.2, -0.15) is 0 Å². The lowest BCUT2D eigenvalue weighted by atomic mass is 9.96. The molecule has 1 saturated heterocycles. The van der Waals surface area contributed by atoms with Crippen molar-refractivity contribution < 1.29 is 9.53 Å². The summed E-state index contributed by atoms with van der Waals surface area (Å²) in [5.74, 6) is -0.359. The molecule has 0 radical (unpaired) electrons. The average Bonchev–Trinajstić information content (AvgIpc) is 3.43. The van der Waals surface area contributed by atoms with Gasteiger partial charge in [-0.15, -0.1) is 0 Å². The van der Waals surface area contributed by atoms with Gasteiger partial charge in [-0.1, -0.05) is 12.1 Å². The molecule has 1 aliphatic heterocycles. The van der Waals surface area contributed by atoms with Crippen molar-refractivity contribution in [3.63, 3.8) is 0 Å². The first-order valence-corrected chi connectivity index (χ1v) is 12.9. The number of aryl methyl sites for hydroxylation is 1. The van der Waals surface area contributed by atoms with E-state index < -0.39 is 0 Å². The lowest BCUT2D eigenvalue weighted by molar-refractivity contribution is 0.0600. The van der Waals surface area contributed by atoms with Crippen molar-refractivity contribution >= 4 is 34.7 Å². The lowest BCUT2D eigenvalue weighted by Crippen LogP contribution is -2.29. The molecule has 4 aromatic rings. The highest BCUT2D eigenvalue weighted by Gasteiger charge is 2.42. The highest BCUT2D eigenvalue weighted by atomic mass is 32.1. The number of methoxy groups -OCH3 is 1. The Hall–Kier alpha value is -4.17. The lowest BCUT2D eigenvalue weighted by Gasteiger charge is -2.28. The molecule has 2 atom stereocenters. The quantitative estimate of drug-likeness (QED) is 0.263. The third-order valence-corrected chi connectivity index (χ3v) is 7.37. The summed E-state index contributed by atoms with van der Waals surface area (Å²) in [6.45, 7) is 4.19. The van der Waals surface area contributed by atoms with Gasteiger partial charge in [0.2, 0.25) is 0 Å². The summed E-state index contributed by atoms with van der Waals surface area (Å²) >= 11 is 5.91. The number of nitrogens with zero attached hydrogens (tertiary/aromatic N) is 4. The van der Waals surface area contributed by atoms with Crippen LogP contribution in [0.1, 0.15) is 45.1 Å². The topological polar surface area (TPSA) is 62.6 Å². The van der Waals surface area contributed by atoms with Gasteiger partial charge in [0, 0.05) is 48.7 Å². The Balaban J connectivity index is 1.64. The maximum atomic E-state index is 12.2. The number of ether oxygens (including phenoxy) is 1. The van der Waals surface area contributed by atoms with Crippen LogP contribution in [0.15, 0.2) is 79.0 Å². The molecule has 8 heteroatoms. The second kappa shape index (κ2) is 10.3. The van der Waals surface area contributed by atoms with E-state index in [9.17, 15) is 4.79 Å². The third-order valence-electron chi connectivity index (χ3n) is 7.06. The van der Waals surface area contributed by atoms with Gasteiger partial charge in [-0.25, -0.2) is 4.79 Å². The first kappa shape index (κ1) is 25.5. The van der Waals surface area contributed by atoms with Crippen molar-refractivity contribution in [1.82, 2.24) is 14.9 Å². The Bertz CT molecular complexity index is 1480. The number of carbonyl (C=O) groups is 1.